The van der Waals surface area contributed by atoms with Crippen molar-refractivity contribution in [3.63, 3.8) is 0 Å². The highest BCUT2D eigenvalue weighted by molar-refractivity contribution is 5.97. The summed E-state index contributed by atoms with van der Waals surface area (Å²) in [5.74, 6) is 0.346. The van der Waals surface area contributed by atoms with Crippen LogP contribution in [0.1, 0.15) is 19.8 Å². The third-order valence-electron chi connectivity index (χ3n) is 2.62. The number of rotatable bonds is 2. The lowest BCUT2D eigenvalue weighted by Crippen LogP contribution is -2.44. The number of Topliss-reactive ketones (excluding diaryl/α,β-unsaturated/α-hetero) is 1. The van der Waals surface area contributed by atoms with E-state index in [9.17, 15) is 9.59 Å². The number of ether oxygens (including phenoxy) is 1. The molecule has 0 unspecified atom stereocenters. The van der Waals surface area contributed by atoms with Gasteiger partial charge < -0.3 is 4.74 Å². The molecule has 0 bridgehead atoms. The van der Waals surface area contributed by atoms with E-state index in [0.29, 0.717) is 18.6 Å². The van der Waals surface area contributed by atoms with Crippen molar-refractivity contribution in [3.8, 4) is 5.75 Å². The van der Waals surface area contributed by atoms with E-state index in [0.717, 1.165) is 0 Å². The summed E-state index contributed by atoms with van der Waals surface area (Å²) in [5, 5.41) is 0. The Hall–Kier alpha value is -1.64. The molecule has 2 rings (SSSR count). The minimum Gasteiger partial charge on any atom is -0.426 e. The fourth-order valence-corrected chi connectivity index (χ4v) is 1.68. The lowest BCUT2D eigenvalue weighted by atomic mass is 9.69. The molecule has 0 heterocycles. The van der Waals surface area contributed by atoms with Crippen LogP contribution >= 0.6 is 0 Å². The number of hydrogen-bond acceptors (Lipinski definition) is 3. The van der Waals surface area contributed by atoms with Gasteiger partial charge in [0.05, 0.1) is 5.41 Å². The molecular weight excluding hydrogens is 192 g/mol. The summed E-state index contributed by atoms with van der Waals surface area (Å²) in [6.07, 6.45) is 0.608. The van der Waals surface area contributed by atoms with E-state index in [1.165, 1.54) is 0 Å². The lowest BCUT2D eigenvalue weighted by molar-refractivity contribution is -0.156. The molecular formula is C12H12O3. The van der Waals surface area contributed by atoms with Gasteiger partial charge in [-0.25, -0.2) is 0 Å². The van der Waals surface area contributed by atoms with E-state index in [4.69, 9.17) is 4.74 Å². The second kappa shape index (κ2) is 3.50. The van der Waals surface area contributed by atoms with Gasteiger partial charge in [0.2, 0.25) is 0 Å². The maximum absolute atomic E-state index is 11.7. The molecule has 0 aromatic heterocycles. The molecule has 15 heavy (non-hydrogen) atoms. The molecule has 0 N–H and O–H groups in total. The highest BCUT2D eigenvalue weighted by Crippen LogP contribution is 2.38. The molecule has 0 saturated heterocycles. The van der Waals surface area contributed by atoms with Crippen LogP contribution in [0.2, 0.25) is 0 Å². The second-order valence-corrected chi connectivity index (χ2v) is 4.16. The summed E-state index contributed by atoms with van der Waals surface area (Å²) >= 11 is 0. The Morgan fingerprint density at radius 3 is 2.40 bits per heavy atom. The van der Waals surface area contributed by atoms with Crippen molar-refractivity contribution in [1.29, 1.82) is 0 Å². The van der Waals surface area contributed by atoms with Crippen LogP contribution in [-0.4, -0.2) is 11.8 Å². The largest absolute Gasteiger partial charge is 0.426 e. The summed E-state index contributed by atoms with van der Waals surface area (Å²) in [5.41, 5.74) is -0.604. The molecule has 1 fully saturated rings. The number of carbonyl (C=O) groups is 2. The highest BCUT2D eigenvalue weighted by Gasteiger charge is 2.47. The Kier molecular flexibility index (Phi) is 2.31. The summed E-state index contributed by atoms with van der Waals surface area (Å²) in [4.78, 5) is 22.6. The predicted molar refractivity (Wildman–Crippen MR) is 54.4 cm³/mol. The predicted octanol–water partition coefficient (Wildman–Crippen LogP) is 1.96. The van der Waals surface area contributed by atoms with Gasteiger partial charge in [-0.2, -0.15) is 0 Å². The van der Waals surface area contributed by atoms with E-state index in [1.54, 1.807) is 31.2 Å². The van der Waals surface area contributed by atoms with Crippen molar-refractivity contribution >= 4 is 11.8 Å². The molecule has 3 heteroatoms. The van der Waals surface area contributed by atoms with E-state index in [1.807, 2.05) is 6.07 Å². The van der Waals surface area contributed by atoms with Gasteiger partial charge in [-0.3, -0.25) is 9.59 Å². The zero-order chi connectivity index (χ0) is 10.9. The molecule has 3 nitrogen and oxygen atoms in total. The number of ketones is 1. The van der Waals surface area contributed by atoms with Crippen LogP contribution in [-0.2, 0) is 9.59 Å². The molecule has 0 spiro atoms. The van der Waals surface area contributed by atoms with Crippen molar-refractivity contribution in [3.05, 3.63) is 30.3 Å². The van der Waals surface area contributed by atoms with Gasteiger partial charge >= 0.3 is 5.97 Å². The maximum atomic E-state index is 11.7. The van der Waals surface area contributed by atoms with Crippen LogP contribution in [0.5, 0.6) is 5.75 Å². The Labute approximate surface area is 88.1 Å². The smallest absolute Gasteiger partial charge is 0.318 e. The minimum atomic E-state index is -0.604. The quantitative estimate of drug-likeness (QED) is 0.546. The van der Waals surface area contributed by atoms with Crippen molar-refractivity contribution in [2.45, 2.75) is 19.8 Å². The fraction of sp³-hybridized carbons (Fsp3) is 0.333. The second-order valence-electron chi connectivity index (χ2n) is 4.16. The standard InChI is InChI=1S/C12H12O3/c1-12(7-9(13)8-12)11(14)15-10-5-3-2-4-6-10/h2-6H,7-8H2,1H3. The third-order valence-corrected chi connectivity index (χ3v) is 2.62. The Balaban J connectivity index is 2.02. The molecule has 78 valence electrons. The first kappa shape index (κ1) is 9.90. The van der Waals surface area contributed by atoms with Crippen LogP contribution in [0.3, 0.4) is 0 Å². The number of benzene rings is 1. The van der Waals surface area contributed by atoms with E-state index < -0.39 is 5.41 Å². The molecule has 0 amide bonds. The fourth-order valence-electron chi connectivity index (χ4n) is 1.68. The van der Waals surface area contributed by atoms with Crippen molar-refractivity contribution < 1.29 is 14.3 Å². The van der Waals surface area contributed by atoms with Gasteiger partial charge in [0.15, 0.2) is 0 Å². The SMILES string of the molecule is CC1(C(=O)Oc2ccccc2)CC(=O)C1. The van der Waals surface area contributed by atoms with Crippen LogP contribution < -0.4 is 4.74 Å². The zero-order valence-electron chi connectivity index (χ0n) is 8.53. The lowest BCUT2D eigenvalue weighted by Gasteiger charge is -2.33. The van der Waals surface area contributed by atoms with Crippen molar-refractivity contribution in [2.75, 3.05) is 0 Å². The van der Waals surface area contributed by atoms with Crippen LogP contribution in [0, 0.1) is 5.41 Å². The molecule has 1 aliphatic rings. The molecule has 1 aromatic rings. The number of hydrogen-bond donors (Lipinski definition) is 0. The van der Waals surface area contributed by atoms with E-state index in [-0.39, 0.29) is 11.8 Å². The average Bonchev–Trinajstić information content (AvgIpc) is 2.17. The maximum Gasteiger partial charge on any atom is 0.318 e. The Morgan fingerprint density at radius 1 is 1.27 bits per heavy atom. The summed E-state index contributed by atoms with van der Waals surface area (Å²) in [7, 11) is 0. The first-order valence-corrected chi connectivity index (χ1v) is 4.89. The molecule has 1 aromatic carbocycles. The molecule has 1 aliphatic carbocycles. The first-order chi connectivity index (χ1) is 7.10. The minimum absolute atomic E-state index is 0.127. The third kappa shape index (κ3) is 1.91. The number of carbonyl (C=O) groups excluding carboxylic acids is 2. The van der Waals surface area contributed by atoms with Gasteiger partial charge in [0.1, 0.15) is 11.5 Å². The van der Waals surface area contributed by atoms with E-state index >= 15 is 0 Å². The summed E-state index contributed by atoms with van der Waals surface area (Å²) in [6.45, 7) is 1.76. The zero-order valence-corrected chi connectivity index (χ0v) is 8.53. The summed E-state index contributed by atoms with van der Waals surface area (Å²) in [6, 6.07) is 8.91. The van der Waals surface area contributed by atoms with Gasteiger partial charge in [0.25, 0.3) is 0 Å². The van der Waals surface area contributed by atoms with Crippen LogP contribution in [0.4, 0.5) is 0 Å². The van der Waals surface area contributed by atoms with Crippen LogP contribution in [0.25, 0.3) is 0 Å². The van der Waals surface area contributed by atoms with Gasteiger partial charge in [-0.15, -0.1) is 0 Å². The van der Waals surface area contributed by atoms with Gasteiger partial charge in [-0.05, 0) is 19.1 Å². The highest BCUT2D eigenvalue weighted by atomic mass is 16.5. The van der Waals surface area contributed by atoms with Crippen molar-refractivity contribution in [1.82, 2.24) is 0 Å². The van der Waals surface area contributed by atoms with E-state index in [2.05, 4.69) is 0 Å². The topological polar surface area (TPSA) is 43.4 Å². The molecule has 1 saturated carbocycles. The van der Waals surface area contributed by atoms with Crippen LogP contribution in [0.15, 0.2) is 30.3 Å². The summed E-state index contributed by atoms with van der Waals surface area (Å²) < 4.78 is 5.18. The van der Waals surface area contributed by atoms with Gasteiger partial charge in [-0.1, -0.05) is 18.2 Å². The van der Waals surface area contributed by atoms with Gasteiger partial charge in [0, 0.05) is 12.8 Å². The molecule has 0 radical (unpaired) electrons. The Bertz CT molecular complexity index is 387. The Morgan fingerprint density at radius 2 is 1.87 bits per heavy atom. The molecule has 0 atom stereocenters. The van der Waals surface area contributed by atoms with Crippen molar-refractivity contribution in [2.24, 2.45) is 5.41 Å². The average molecular weight is 204 g/mol. The number of para-hydroxylation sites is 1. The number of esters is 1. The first-order valence-electron chi connectivity index (χ1n) is 4.89. The normalized spacial score (nSPS) is 18.1. The monoisotopic (exact) mass is 204 g/mol. The molecule has 0 aliphatic heterocycles.